The Labute approximate surface area is 136 Å². The second-order valence-electron chi connectivity index (χ2n) is 5.64. The van der Waals surface area contributed by atoms with Crippen LogP contribution in [0.15, 0.2) is 0 Å². The Morgan fingerprint density at radius 2 is 0.375 bits per heavy atom. The van der Waals surface area contributed by atoms with E-state index in [1.54, 1.807) is 0 Å². The molecule has 20 N–H and O–H groups in total. The first-order valence-electron chi connectivity index (χ1n) is 6.89. The van der Waals surface area contributed by atoms with Gasteiger partial charge in [-0.25, -0.2) is 0 Å². The van der Waals surface area contributed by atoms with E-state index in [1.807, 2.05) is 0 Å². The summed E-state index contributed by atoms with van der Waals surface area (Å²) >= 11 is 0. The highest BCUT2D eigenvalue weighted by atomic mass is 14.8. The summed E-state index contributed by atoms with van der Waals surface area (Å²) < 4.78 is 0. The van der Waals surface area contributed by atoms with Crippen molar-refractivity contribution in [3.8, 4) is 0 Å². The Morgan fingerprint density at radius 1 is 0.208 bits per heavy atom. The van der Waals surface area contributed by atoms with Crippen LogP contribution in [-0.2, 0) is 0 Å². The largest absolute Gasteiger partial charge is 0.398 e. The summed E-state index contributed by atoms with van der Waals surface area (Å²) in [6.45, 7) is 0. The molecular weight excluding hydrogens is 308 g/mol. The van der Waals surface area contributed by atoms with E-state index in [4.69, 9.17) is 57.3 Å². The van der Waals surface area contributed by atoms with Crippen LogP contribution in [0.4, 0.5) is 56.9 Å². The minimum absolute atomic E-state index is 0.111. The molecule has 0 spiro atoms. The minimum Gasteiger partial charge on any atom is -0.398 e. The zero-order valence-electron chi connectivity index (χ0n) is 12.8. The van der Waals surface area contributed by atoms with Gasteiger partial charge in [-0.05, 0) is 0 Å². The van der Waals surface area contributed by atoms with E-state index in [-0.39, 0.29) is 56.9 Å². The lowest BCUT2D eigenvalue weighted by atomic mass is 9.92. The van der Waals surface area contributed by atoms with E-state index in [9.17, 15) is 0 Å². The molecule has 126 valence electrons. The Morgan fingerprint density at radius 3 is 0.542 bits per heavy atom. The predicted octanol–water partition coefficient (Wildman–Crippen LogP) is -0.185. The summed E-state index contributed by atoms with van der Waals surface area (Å²) in [5.74, 6) is 0. The van der Waals surface area contributed by atoms with Gasteiger partial charge in [0.2, 0.25) is 0 Å². The van der Waals surface area contributed by atoms with Gasteiger partial charge in [0.1, 0.15) is 0 Å². The van der Waals surface area contributed by atoms with Crippen molar-refractivity contribution in [1.82, 2.24) is 0 Å². The Balaban J connectivity index is 2.82. The molecule has 0 radical (unpaired) electrons. The summed E-state index contributed by atoms with van der Waals surface area (Å²) in [7, 11) is 0. The van der Waals surface area contributed by atoms with Crippen molar-refractivity contribution >= 4 is 78.4 Å². The smallest absolute Gasteiger partial charge is 0.0810 e. The van der Waals surface area contributed by atoms with Gasteiger partial charge < -0.3 is 57.3 Å². The molecule has 24 heavy (non-hydrogen) atoms. The van der Waals surface area contributed by atoms with Crippen molar-refractivity contribution in [2.45, 2.75) is 0 Å². The van der Waals surface area contributed by atoms with E-state index in [0.29, 0.717) is 21.5 Å². The van der Waals surface area contributed by atoms with Gasteiger partial charge in [-0.15, -0.1) is 0 Å². The van der Waals surface area contributed by atoms with Gasteiger partial charge >= 0.3 is 0 Å². The lowest BCUT2D eigenvalue weighted by molar-refractivity contribution is 1.66. The van der Waals surface area contributed by atoms with E-state index in [1.165, 1.54) is 0 Å². The molecule has 0 aliphatic heterocycles. The normalized spacial score (nSPS) is 11.3. The first-order valence-corrected chi connectivity index (χ1v) is 6.89. The van der Waals surface area contributed by atoms with Gasteiger partial charge in [0.15, 0.2) is 0 Å². The Kier molecular flexibility index (Phi) is 2.73. The van der Waals surface area contributed by atoms with Crippen LogP contribution in [0.5, 0.6) is 0 Å². The maximum Gasteiger partial charge on any atom is 0.0810 e. The molecule has 3 rings (SSSR count). The van der Waals surface area contributed by atoms with Crippen molar-refractivity contribution in [3.63, 3.8) is 0 Å². The van der Waals surface area contributed by atoms with Gasteiger partial charge in [-0.3, -0.25) is 0 Å². The fraction of sp³-hybridized carbons (Fsp3) is 0. The number of anilines is 10. The average Bonchev–Trinajstić information content (AvgIpc) is 2.55. The first kappa shape index (κ1) is 15.1. The molecule has 0 unspecified atom stereocenters. The van der Waals surface area contributed by atoms with Crippen molar-refractivity contribution in [2.75, 3.05) is 57.3 Å². The molecule has 0 saturated heterocycles. The fourth-order valence-corrected chi connectivity index (χ4v) is 3.03. The Hall–Kier alpha value is -3.82. The topological polar surface area (TPSA) is 260 Å². The minimum atomic E-state index is 0.111. The molecule has 3 aromatic carbocycles. The van der Waals surface area contributed by atoms with Crippen LogP contribution >= 0.6 is 0 Å². The van der Waals surface area contributed by atoms with Crippen molar-refractivity contribution < 1.29 is 0 Å². The Bertz CT molecular complexity index is 889. The highest BCUT2D eigenvalue weighted by molar-refractivity contribution is 6.33. The molecule has 0 atom stereocenters. The molecule has 3 aromatic rings. The highest BCUT2D eigenvalue weighted by Gasteiger charge is 2.24. The third-order valence-corrected chi connectivity index (χ3v) is 4.40. The zero-order chi connectivity index (χ0) is 18.1. The molecule has 0 aliphatic rings. The number of benzene rings is 3. The van der Waals surface area contributed by atoms with Gasteiger partial charge in [-0.2, -0.15) is 0 Å². The van der Waals surface area contributed by atoms with Gasteiger partial charge in [0, 0.05) is 21.5 Å². The van der Waals surface area contributed by atoms with Crippen molar-refractivity contribution in [2.24, 2.45) is 0 Å². The van der Waals surface area contributed by atoms with Gasteiger partial charge in [0.25, 0.3) is 0 Å². The monoisotopic (exact) mass is 328 g/mol. The predicted molar refractivity (Wildman–Crippen MR) is 106 cm³/mol. The average molecular weight is 328 g/mol. The third kappa shape index (κ3) is 1.48. The molecule has 10 heteroatoms. The molecule has 0 saturated carbocycles. The van der Waals surface area contributed by atoms with Crippen LogP contribution in [0.1, 0.15) is 0 Å². The molecule has 0 heterocycles. The van der Waals surface area contributed by atoms with Crippen LogP contribution in [-0.4, -0.2) is 0 Å². The van der Waals surface area contributed by atoms with Crippen LogP contribution < -0.4 is 57.3 Å². The molecule has 0 bridgehead atoms. The van der Waals surface area contributed by atoms with E-state index < -0.39 is 0 Å². The van der Waals surface area contributed by atoms with Crippen LogP contribution in [0.2, 0.25) is 0 Å². The number of hydrogen-bond donors (Lipinski definition) is 10. The molecule has 0 aromatic heterocycles. The highest BCUT2D eigenvalue weighted by Crippen LogP contribution is 2.52. The van der Waals surface area contributed by atoms with E-state index in [0.717, 1.165) is 0 Å². The number of fused-ring (bicyclic) bond motifs is 2. The second kappa shape index (κ2) is 4.35. The lowest BCUT2D eigenvalue weighted by Gasteiger charge is -2.21. The number of nitrogens with two attached hydrogens (primary N) is 10. The maximum atomic E-state index is 6.28. The summed E-state index contributed by atoms with van der Waals surface area (Å²) in [6.07, 6.45) is 0. The van der Waals surface area contributed by atoms with E-state index in [2.05, 4.69) is 0 Å². The fourth-order valence-electron chi connectivity index (χ4n) is 3.03. The molecule has 0 aliphatic carbocycles. The van der Waals surface area contributed by atoms with Crippen molar-refractivity contribution in [1.29, 1.82) is 0 Å². The van der Waals surface area contributed by atoms with Gasteiger partial charge in [-0.1, -0.05) is 0 Å². The standard InChI is InChI=1S/C14H20N10/c15-5-1-2(8(18)12(22)11(21)7(1)17)6(16)4-3(5)9(19)13(23)14(24)10(4)20/h15-24H2. The molecule has 0 amide bonds. The summed E-state index contributed by atoms with van der Waals surface area (Å²) in [5.41, 5.74) is 61.9. The number of hydrogen-bond acceptors (Lipinski definition) is 10. The third-order valence-electron chi connectivity index (χ3n) is 4.40. The summed E-state index contributed by atoms with van der Waals surface area (Å²) in [4.78, 5) is 0. The quantitative estimate of drug-likeness (QED) is 0.148. The molecule has 0 fully saturated rings. The summed E-state index contributed by atoms with van der Waals surface area (Å²) in [6, 6.07) is 0. The molecular formula is C14H20N10. The lowest BCUT2D eigenvalue weighted by Crippen LogP contribution is -2.11. The molecule has 10 nitrogen and oxygen atoms in total. The SMILES string of the molecule is Nc1c(N)c(N)c2c(N)c3c(N)c(N)c(N)c(N)c3c(N)c2c1N. The van der Waals surface area contributed by atoms with Crippen molar-refractivity contribution in [3.05, 3.63) is 0 Å². The maximum absolute atomic E-state index is 6.28. The first-order chi connectivity index (χ1) is 11.1. The van der Waals surface area contributed by atoms with Gasteiger partial charge in [0.05, 0.1) is 56.9 Å². The number of rotatable bonds is 0. The second-order valence-corrected chi connectivity index (χ2v) is 5.64. The van der Waals surface area contributed by atoms with Crippen LogP contribution in [0, 0.1) is 0 Å². The van der Waals surface area contributed by atoms with Crippen LogP contribution in [0.25, 0.3) is 21.5 Å². The summed E-state index contributed by atoms with van der Waals surface area (Å²) in [5, 5.41) is 1.39. The van der Waals surface area contributed by atoms with E-state index >= 15 is 0 Å². The number of nitrogen functional groups attached to an aromatic ring is 10. The van der Waals surface area contributed by atoms with Crippen LogP contribution in [0.3, 0.4) is 0 Å². The zero-order valence-corrected chi connectivity index (χ0v) is 12.8.